The molecule has 0 aliphatic carbocycles. The van der Waals surface area contributed by atoms with Gasteiger partial charge in [0.15, 0.2) is 0 Å². The molecule has 0 saturated heterocycles. The number of hydrogen-bond donors (Lipinski definition) is 2. The third kappa shape index (κ3) is 3.21. The highest BCUT2D eigenvalue weighted by atomic mass is 32.2. The highest BCUT2D eigenvalue weighted by Gasteiger charge is 2.11. The summed E-state index contributed by atoms with van der Waals surface area (Å²) in [6, 6.07) is 3.12. The zero-order chi connectivity index (χ0) is 11.6. The van der Waals surface area contributed by atoms with Crippen molar-refractivity contribution in [3.8, 4) is 5.75 Å². The van der Waals surface area contributed by atoms with Gasteiger partial charge < -0.3 is 5.11 Å². The van der Waals surface area contributed by atoms with E-state index in [-0.39, 0.29) is 5.75 Å². The lowest BCUT2D eigenvalue weighted by atomic mass is 10.0. The van der Waals surface area contributed by atoms with Crippen LogP contribution in [0.1, 0.15) is 23.6 Å². The van der Waals surface area contributed by atoms with E-state index in [0.717, 1.165) is 0 Å². The Labute approximate surface area is 89.3 Å². The van der Waals surface area contributed by atoms with Crippen LogP contribution in [-0.2, 0) is 22.3 Å². The average molecular weight is 230 g/mol. The third-order valence-corrected chi connectivity index (χ3v) is 2.93. The molecule has 0 saturated carbocycles. The van der Waals surface area contributed by atoms with Crippen LogP contribution < -0.4 is 0 Å². The topological polar surface area (TPSA) is 74.6 Å². The normalized spacial score (nSPS) is 11.7. The summed E-state index contributed by atoms with van der Waals surface area (Å²) < 4.78 is 30.2. The Kier molecular flexibility index (Phi) is 3.36. The van der Waals surface area contributed by atoms with Crippen LogP contribution in [0.5, 0.6) is 5.75 Å². The lowest BCUT2D eigenvalue weighted by Crippen LogP contribution is -2.04. The van der Waals surface area contributed by atoms with E-state index >= 15 is 0 Å². The third-order valence-electron chi connectivity index (χ3n) is 2.26. The van der Waals surface area contributed by atoms with Crippen molar-refractivity contribution in [2.24, 2.45) is 0 Å². The van der Waals surface area contributed by atoms with Gasteiger partial charge in [0.05, 0.1) is 0 Å². The lowest BCUT2D eigenvalue weighted by molar-refractivity contribution is 0.467. The Bertz CT molecular complexity index is 463. The van der Waals surface area contributed by atoms with Crippen molar-refractivity contribution in [2.45, 2.75) is 26.0 Å². The van der Waals surface area contributed by atoms with Crippen molar-refractivity contribution in [1.82, 2.24) is 0 Å². The standard InChI is InChI=1S/C10H14O4S/c1-3-8-5-9(6-15(12,13)14)7(2)4-10(8)11/h4-5,11H,3,6H2,1-2H3,(H,12,13,14). The van der Waals surface area contributed by atoms with Crippen LogP contribution in [0, 0.1) is 6.92 Å². The van der Waals surface area contributed by atoms with Gasteiger partial charge in [-0.25, -0.2) is 0 Å². The number of benzene rings is 1. The van der Waals surface area contributed by atoms with Gasteiger partial charge in [-0.05, 0) is 36.1 Å². The molecule has 0 spiro atoms. The summed E-state index contributed by atoms with van der Waals surface area (Å²) in [6.45, 7) is 3.56. The lowest BCUT2D eigenvalue weighted by Gasteiger charge is -2.08. The van der Waals surface area contributed by atoms with E-state index < -0.39 is 15.9 Å². The highest BCUT2D eigenvalue weighted by Crippen LogP contribution is 2.23. The summed E-state index contributed by atoms with van der Waals surface area (Å²) in [5.74, 6) is -0.249. The molecule has 0 bridgehead atoms. The molecule has 0 aromatic heterocycles. The number of aromatic hydroxyl groups is 1. The Morgan fingerprint density at radius 1 is 1.27 bits per heavy atom. The Morgan fingerprint density at radius 2 is 1.87 bits per heavy atom. The molecule has 0 heterocycles. The maximum Gasteiger partial charge on any atom is 0.269 e. The second kappa shape index (κ2) is 4.20. The second-order valence-electron chi connectivity index (χ2n) is 3.49. The summed E-state index contributed by atoms with van der Waals surface area (Å²) in [6.07, 6.45) is 0.616. The van der Waals surface area contributed by atoms with E-state index in [1.807, 2.05) is 6.92 Å². The van der Waals surface area contributed by atoms with E-state index in [1.165, 1.54) is 6.07 Å². The predicted molar refractivity (Wildman–Crippen MR) is 57.5 cm³/mol. The van der Waals surface area contributed by atoms with Gasteiger partial charge in [0.1, 0.15) is 11.5 Å². The molecule has 1 rings (SSSR count). The van der Waals surface area contributed by atoms with Crippen molar-refractivity contribution in [3.63, 3.8) is 0 Å². The molecular formula is C10H14O4S. The molecule has 5 heteroatoms. The van der Waals surface area contributed by atoms with Gasteiger partial charge >= 0.3 is 0 Å². The van der Waals surface area contributed by atoms with Gasteiger partial charge in [-0.2, -0.15) is 8.42 Å². The Balaban J connectivity index is 3.19. The first kappa shape index (κ1) is 12.0. The van der Waals surface area contributed by atoms with E-state index in [1.54, 1.807) is 13.0 Å². The first-order valence-electron chi connectivity index (χ1n) is 4.60. The maximum absolute atomic E-state index is 10.7. The van der Waals surface area contributed by atoms with Crippen LogP contribution in [0.4, 0.5) is 0 Å². The number of phenols is 1. The minimum Gasteiger partial charge on any atom is -0.508 e. The van der Waals surface area contributed by atoms with Crippen LogP contribution in [0.15, 0.2) is 12.1 Å². The quantitative estimate of drug-likeness (QED) is 0.774. The molecular weight excluding hydrogens is 216 g/mol. The van der Waals surface area contributed by atoms with Crippen LogP contribution in [0.3, 0.4) is 0 Å². The minimum absolute atomic E-state index is 0.161. The summed E-state index contributed by atoms with van der Waals surface area (Å²) in [4.78, 5) is 0. The van der Waals surface area contributed by atoms with Crippen molar-refractivity contribution >= 4 is 10.1 Å². The van der Waals surface area contributed by atoms with Crippen LogP contribution in [-0.4, -0.2) is 18.1 Å². The van der Waals surface area contributed by atoms with Gasteiger partial charge in [-0.15, -0.1) is 0 Å². The molecule has 0 amide bonds. The second-order valence-corrected chi connectivity index (χ2v) is 4.94. The maximum atomic E-state index is 10.7. The summed E-state index contributed by atoms with van der Waals surface area (Å²) in [7, 11) is -4.02. The molecule has 1 aromatic carbocycles. The van der Waals surface area contributed by atoms with Gasteiger partial charge in [0.2, 0.25) is 0 Å². The first-order chi connectivity index (χ1) is 6.83. The molecule has 4 nitrogen and oxygen atoms in total. The van der Waals surface area contributed by atoms with Crippen LogP contribution >= 0.6 is 0 Å². The smallest absolute Gasteiger partial charge is 0.269 e. The van der Waals surface area contributed by atoms with Crippen molar-refractivity contribution in [2.75, 3.05) is 0 Å². The molecule has 1 aromatic rings. The van der Waals surface area contributed by atoms with Gasteiger partial charge in [-0.3, -0.25) is 4.55 Å². The van der Waals surface area contributed by atoms with Gasteiger partial charge in [0.25, 0.3) is 10.1 Å². The minimum atomic E-state index is -4.02. The van der Waals surface area contributed by atoms with Gasteiger partial charge in [-0.1, -0.05) is 13.0 Å². The highest BCUT2D eigenvalue weighted by molar-refractivity contribution is 7.85. The predicted octanol–water partition coefficient (Wildman–Crippen LogP) is 1.65. The Hall–Kier alpha value is -1.07. The van der Waals surface area contributed by atoms with E-state index in [2.05, 4.69) is 0 Å². The fourth-order valence-corrected chi connectivity index (χ4v) is 2.13. The fraction of sp³-hybridized carbons (Fsp3) is 0.400. The molecule has 2 N–H and O–H groups in total. The molecule has 0 aliphatic heterocycles. The molecule has 15 heavy (non-hydrogen) atoms. The van der Waals surface area contributed by atoms with Crippen molar-refractivity contribution < 1.29 is 18.1 Å². The van der Waals surface area contributed by atoms with Gasteiger partial charge in [0, 0.05) is 0 Å². The molecule has 84 valence electrons. The monoisotopic (exact) mass is 230 g/mol. The average Bonchev–Trinajstić information content (AvgIpc) is 2.07. The zero-order valence-corrected chi connectivity index (χ0v) is 9.50. The largest absolute Gasteiger partial charge is 0.508 e. The Morgan fingerprint density at radius 3 is 2.33 bits per heavy atom. The number of aryl methyl sites for hydroxylation is 2. The fourth-order valence-electron chi connectivity index (χ4n) is 1.42. The van der Waals surface area contributed by atoms with Crippen LogP contribution in [0.2, 0.25) is 0 Å². The first-order valence-corrected chi connectivity index (χ1v) is 6.21. The SMILES string of the molecule is CCc1cc(CS(=O)(=O)O)c(C)cc1O. The molecule has 0 fully saturated rings. The number of phenolic OH excluding ortho intramolecular Hbond substituents is 1. The summed E-state index contributed by atoms with van der Waals surface area (Å²) >= 11 is 0. The molecule has 0 unspecified atom stereocenters. The van der Waals surface area contributed by atoms with E-state index in [9.17, 15) is 13.5 Å². The summed E-state index contributed by atoms with van der Waals surface area (Å²) in [5, 5.41) is 9.50. The molecule has 0 aliphatic rings. The summed E-state index contributed by atoms with van der Waals surface area (Å²) in [5.41, 5.74) is 1.86. The zero-order valence-electron chi connectivity index (χ0n) is 8.69. The molecule has 0 radical (unpaired) electrons. The van der Waals surface area contributed by atoms with Crippen molar-refractivity contribution in [3.05, 3.63) is 28.8 Å². The van der Waals surface area contributed by atoms with Crippen molar-refractivity contribution in [1.29, 1.82) is 0 Å². The number of hydrogen-bond acceptors (Lipinski definition) is 3. The van der Waals surface area contributed by atoms with E-state index in [0.29, 0.717) is 23.1 Å². The number of rotatable bonds is 3. The van der Waals surface area contributed by atoms with E-state index in [4.69, 9.17) is 4.55 Å². The molecule has 0 atom stereocenters. The van der Waals surface area contributed by atoms with Crippen LogP contribution in [0.25, 0.3) is 0 Å².